The van der Waals surface area contributed by atoms with Gasteiger partial charge in [-0.15, -0.1) is 58.2 Å². The van der Waals surface area contributed by atoms with E-state index in [4.69, 9.17) is 13.5 Å². The summed E-state index contributed by atoms with van der Waals surface area (Å²) in [5, 5.41) is 14.3. The number of furan rings is 1. The van der Waals surface area contributed by atoms with Crippen molar-refractivity contribution in [3.05, 3.63) is 132 Å². The van der Waals surface area contributed by atoms with Gasteiger partial charge in [0.2, 0.25) is 0 Å². The maximum atomic E-state index is 12.7. The van der Waals surface area contributed by atoms with Gasteiger partial charge in [-0.3, -0.25) is 9.37 Å². The van der Waals surface area contributed by atoms with Crippen molar-refractivity contribution in [1.29, 1.82) is 0 Å². The predicted molar refractivity (Wildman–Crippen MR) is 187 cm³/mol. The molecule has 9 heteroatoms. The van der Waals surface area contributed by atoms with Crippen molar-refractivity contribution in [3.63, 3.8) is 0 Å². The number of nitrogens with zero attached hydrogens (tertiary/aromatic N) is 6. The monoisotopic (exact) mass is 828 g/mol. The summed E-state index contributed by atoms with van der Waals surface area (Å²) in [6, 6.07) is 31.9. The van der Waals surface area contributed by atoms with Crippen LogP contribution in [0.4, 0.5) is 4.39 Å². The molecule has 0 saturated carbocycles. The molecule has 0 saturated heterocycles. The van der Waals surface area contributed by atoms with Crippen molar-refractivity contribution in [3.8, 4) is 28.3 Å². The van der Waals surface area contributed by atoms with E-state index in [1.54, 1.807) is 18.3 Å². The van der Waals surface area contributed by atoms with Gasteiger partial charge in [-0.25, -0.2) is 0 Å². The number of pyridine rings is 1. The van der Waals surface area contributed by atoms with Gasteiger partial charge in [-0.1, -0.05) is 87.2 Å². The minimum Gasteiger partial charge on any atom is -0.501 e. The van der Waals surface area contributed by atoms with Gasteiger partial charge in [0, 0.05) is 47.3 Å². The molecule has 4 aromatic carbocycles. The molecule has 0 aliphatic carbocycles. The molecule has 1 radical (unpaired) electrons. The van der Waals surface area contributed by atoms with Crippen LogP contribution in [0.5, 0.6) is 0 Å². The Morgan fingerprint density at radius 1 is 0.857 bits per heavy atom. The zero-order chi connectivity index (χ0) is 35.9. The third-order valence-electron chi connectivity index (χ3n) is 8.21. The first kappa shape index (κ1) is 30.0. The van der Waals surface area contributed by atoms with Gasteiger partial charge in [0.15, 0.2) is 5.65 Å². The minimum atomic E-state index is -2.15. The Morgan fingerprint density at radius 2 is 1.65 bits per heavy atom. The van der Waals surface area contributed by atoms with Crippen molar-refractivity contribution in [1.82, 2.24) is 29.9 Å². The number of fused-ring (bicyclic) bond motifs is 4. The molecule has 247 valence electrons. The molecule has 4 aromatic heterocycles. The summed E-state index contributed by atoms with van der Waals surface area (Å²) in [4.78, 5) is 8.97. The van der Waals surface area contributed by atoms with E-state index in [0.717, 1.165) is 44.5 Å². The van der Waals surface area contributed by atoms with Gasteiger partial charge in [0.25, 0.3) is 0 Å². The number of benzene rings is 4. The molecule has 49 heavy (non-hydrogen) atoms. The fraction of sp³-hybridized carbons (Fsp3) is 0.175. The molecule has 0 bridgehead atoms. The molecule has 0 unspecified atom stereocenters. The van der Waals surface area contributed by atoms with Crippen LogP contribution >= 0.6 is 0 Å². The number of hydrogen-bond donors (Lipinski definition) is 0. The quantitative estimate of drug-likeness (QED) is 0.161. The molecular formula is C40H33FIrN6O-2. The SMILES string of the molecule is CC(C)c1cccc(C(C)C)c1-n1c(-c2[c-]ccc3c2oc2ccccc23)nc2nnncc21.[2H]C([2H])([2H])c1ccc(-c2[c-]cc(F)cc2)nc1.[Ir]. The average molecular weight is 828 g/mol. The van der Waals surface area contributed by atoms with Gasteiger partial charge >= 0.3 is 0 Å². The second-order valence-corrected chi connectivity index (χ2v) is 12.1. The Labute approximate surface area is 301 Å². The largest absolute Gasteiger partial charge is 0.501 e. The zero-order valence-electron chi connectivity index (χ0n) is 30.2. The maximum Gasteiger partial charge on any atom is 0.194 e. The topological polar surface area (TPSA) is 82.5 Å². The number of aromatic nitrogens is 6. The zero-order valence-corrected chi connectivity index (χ0v) is 29.6. The van der Waals surface area contributed by atoms with Crippen LogP contribution in [0.15, 0.2) is 102 Å². The van der Waals surface area contributed by atoms with Crippen LogP contribution in [-0.4, -0.2) is 29.9 Å². The average Bonchev–Trinajstić information content (AvgIpc) is 3.70. The van der Waals surface area contributed by atoms with E-state index in [2.05, 4.69) is 89.1 Å². The van der Waals surface area contributed by atoms with Crippen molar-refractivity contribution >= 4 is 33.1 Å². The molecule has 8 aromatic rings. The molecule has 8 rings (SSSR count). The van der Waals surface area contributed by atoms with E-state index in [9.17, 15) is 4.39 Å². The van der Waals surface area contributed by atoms with Gasteiger partial charge < -0.3 is 14.0 Å². The third-order valence-corrected chi connectivity index (χ3v) is 8.21. The summed E-state index contributed by atoms with van der Waals surface area (Å²) in [6.45, 7) is 6.70. The summed E-state index contributed by atoms with van der Waals surface area (Å²) in [7, 11) is 0. The fourth-order valence-electron chi connectivity index (χ4n) is 5.90. The van der Waals surface area contributed by atoms with Crippen LogP contribution < -0.4 is 0 Å². The van der Waals surface area contributed by atoms with Gasteiger partial charge in [-0.05, 0) is 52.4 Å². The molecule has 0 N–H and O–H groups in total. The summed E-state index contributed by atoms with van der Waals surface area (Å²) in [5.74, 6) is 0.977. The van der Waals surface area contributed by atoms with Gasteiger partial charge in [0.1, 0.15) is 11.1 Å². The fourth-order valence-corrected chi connectivity index (χ4v) is 5.90. The van der Waals surface area contributed by atoms with Crippen LogP contribution in [0.1, 0.15) is 60.3 Å². The van der Waals surface area contributed by atoms with E-state index in [1.165, 1.54) is 35.5 Å². The van der Waals surface area contributed by atoms with Crippen molar-refractivity contribution in [2.45, 2.75) is 46.4 Å². The predicted octanol–water partition coefficient (Wildman–Crippen LogP) is 9.82. The Morgan fingerprint density at radius 3 is 2.35 bits per heavy atom. The molecule has 0 fully saturated rings. The maximum absolute atomic E-state index is 12.7. The Balaban J connectivity index is 0.000000218. The van der Waals surface area contributed by atoms with Gasteiger partial charge in [0.05, 0.1) is 17.6 Å². The summed E-state index contributed by atoms with van der Waals surface area (Å²) < 4.78 is 42.8. The Kier molecular flexibility index (Phi) is 8.67. The van der Waals surface area contributed by atoms with E-state index in [-0.39, 0.29) is 31.5 Å². The molecule has 4 heterocycles. The molecule has 0 atom stereocenters. The second-order valence-electron chi connectivity index (χ2n) is 12.1. The number of hydrogen-bond acceptors (Lipinski definition) is 6. The number of para-hydroxylation sites is 2. The smallest absolute Gasteiger partial charge is 0.194 e. The van der Waals surface area contributed by atoms with Gasteiger partial charge in [-0.2, -0.15) is 0 Å². The van der Waals surface area contributed by atoms with Crippen LogP contribution in [0.2, 0.25) is 0 Å². The second kappa shape index (κ2) is 14.2. The van der Waals surface area contributed by atoms with Crippen LogP contribution in [0, 0.1) is 24.8 Å². The number of imidazole rings is 1. The van der Waals surface area contributed by atoms with E-state index < -0.39 is 6.85 Å². The summed E-state index contributed by atoms with van der Waals surface area (Å²) in [5.41, 5.74) is 8.70. The summed E-state index contributed by atoms with van der Waals surface area (Å²) >= 11 is 0. The number of rotatable bonds is 5. The van der Waals surface area contributed by atoms with E-state index >= 15 is 0 Å². The number of aryl methyl sites for hydroxylation is 1. The number of halogens is 1. The van der Waals surface area contributed by atoms with E-state index in [0.29, 0.717) is 28.7 Å². The minimum absolute atomic E-state index is 0. The third kappa shape index (κ3) is 6.52. The normalized spacial score (nSPS) is 12.4. The molecule has 0 amide bonds. The van der Waals surface area contributed by atoms with Crippen molar-refractivity contribution in [2.24, 2.45) is 0 Å². The first-order valence-electron chi connectivity index (χ1n) is 17.2. The van der Waals surface area contributed by atoms with Crippen LogP contribution in [0.25, 0.3) is 61.4 Å². The van der Waals surface area contributed by atoms with Crippen LogP contribution in [-0.2, 0) is 20.1 Å². The van der Waals surface area contributed by atoms with Crippen molar-refractivity contribution < 1.29 is 33.0 Å². The standard InChI is InChI=1S/C28H24N5O.C12H9FN.Ir/c1-16(2)18-10-7-11-19(17(3)4)25(18)33-23-15-29-32-31-27(23)30-28(33)22-13-8-12-21-20-9-5-6-14-24(20)34-26(21)22;1-9-2-7-12(14-8-9)10-3-5-11(13)6-4-10;/h5-12,14-17H,1-4H3;2-3,5-8H,1H3;/q2*-1;/i;1D3;. The molecular weight excluding hydrogens is 792 g/mol. The van der Waals surface area contributed by atoms with E-state index in [1.807, 2.05) is 30.3 Å². The molecule has 0 aliphatic rings. The molecule has 7 nitrogen and oxygen atoms in total. The molecule has 0 aliphatic heterocycles. The Hall–Kier alpha value is -5.11. The van der Waals surface area contributed by atoms with Crippen LogP contribution in [0.3, 0.4) is 0 Å². The van der Waals surface area contributed by atoms with Crippen molar-refractivity contribution in [2.75, 3.05) is 0 Å². The first-order valence-corrected chi connectivity index (χ1v) is 15.7. The molecule has 0 spiro atoms. The first-order chi connectivity index (χ1) is 24.5. The summed E-state index contributed by atoms with van der Waals surface area (Å²) in [6.07, 6.45) is 3.04. The Bertz CT molecular complexity index is 2470.